The molecule has 0 radical (unpaired) electrons. The van der Waals surface area contributed by atoms with E-state index in [1.807, 2.05) is 4.90 Å². The maximum absolute atomic E-state index is 12.0. The van der Waals surface area contributed by atoms with Crippen molar-refractivity contribution in [3.63, 3.8) is 0 Å². The van der Waals surface area contributed by atoms with Gasteiger partial charge in [-0.25, -0.2) is 0 Å². The number of carbonyl (C=O) groups excluding carboxylic acids is 2. The van der Waals surface area contributed by atoms with Gasteiger partial charge in [0.1, 0.15) is 0 Å². The monoisotopic (exact) mass is 298 g/mol. The van der Waals surface area contributed by atoms with Crippen molar-refractivity contribution < 1.29 is 19.4 Å². The summed E-state index contributed by atoms with van der Waals surface area (Å²) in [6, 6.07) is 0. The smallest absolute Gasteiger partial charge is 0.224 e. The number of ether oxygens (including phenoxy) is 1. The molecule has 2 fully saturated rings. The molecule has 6 heteroatoms. The van der Waals surface area contributed by atoms with Crippen molar-refractivity contribution in [1.29, 1.82) is 0 Å². The Labute approximate surface area is 125 Å². The van der Waals surface area contributed by atoms with Crippen LogP contribution in [0.2, 0.25) is 0 Å². The molecule has 0 spiro atoms. The minimum Gasteiger partial charge on any atom is -0.394 e. The van der Waals surface area contributed by atoms with Crippen molar-refractivity contribution in [2.75, 3.05) is 32.8 Å². The lowest BCUT2D eigenvalue weighted by Gasteiger charge is -2.32. The quantitative estimate of drug-likeness (QED) is 0.701. The fraction of sp³-hybridized carbons (Fsp3) is 0.867. The topological polar surface area (TPSA) is 78.9 Å². The zero-order valence-electron chi connectivity index (χ0n) is 12.7. The van der Waals surface area contributed by atoms with Crippen LogP contribution in [0.4, 0.5) is 0 Å². The molecule has 120 valence electrons. The van der Waals surface area contributed by atoms with E-state index in [4.69, 9.17) is 9.84 Å². The summed E-state index contributed by atoms with van der Waals surface area (Å²) in [5, 5.41) is 11.6. The van der Waals surface area contributed by atoms with E-state index < -0.39 is 0 Å². The predicted molar refractivity (Wildman–Crippen MR) is 77.5 cm³/mol. The van der Waals surface area contributed by atoms with Crippen molar-refractivity contribution in [2.45, 2.75) is 38.7 Å². The van der Waals surface area contributed by atoms with E-state index in [-0.39, 0.29) is 30.4 Å². The van der Waals surface area contributed by atoms with Gasteiger partial charge in [-0.3, -0.25) is 9.59 Å². The second-order valence-corrected chi connectivity index (χ2v) is 6.04. The Morgan fingerprint density at radius 2 is 2.00 bits per heavy atom. The molecule has 2 atom stereocenters. The molecule has 2 aliphatic rings. The molecular formula is C15H26N2O4. The molecule has 6 nitrogen and oxygen atoms in total. The summed E-state index contributed by atoms with van der Waals surface area (Å²) in [6.45, 7) is 4.30. The molecule has 2 rings (SSSR count). The van der Waals surface area contributed by atoms with Gasteiger partial charge in [0.15, 0.2) is 0 Å². The zero-order chi connectivity index (χ0) is 15.2. The van der Waals surface area contributed by atoms with Gasteiger partial charge < -0.3 is 20.1 Å². The van der Waals surface area contributed by atoms with Crippen LogP contribution in [0.5, 0.6) is 0 Å². The highest BCUT2D eigenvalue weighted by atomic mass is 16.5. The van der Waals surface area contributed by atoms with Gasteiger partial charge in [0.05, 0.1) is 19.3 Å². The molecular weight excluding hydrogens is 272 g/mol. The summed E-state index contributed by atoms with van der Waals surface area (Å²) in [7, 11) is 0. The van der Waals surface area contributed by atoms with Crippen molar-refractivity contribution in [3.05, 3.63) is 0 Å². The molecule has 2 amide bonds. The van der Waals surface area contributed by atoms with Gasteiger partial charge in [0.25, 0.3) is 0 Å². The second kappa shape index (κ2) is 7.75. The first-order valence-electron chi connectivity index (χ1n) is 7.89. The van der Waals surface area contributed by atoms with Crippen LogP contribution >= 0.6 is 0 Å². The Balaban J connectivity index is 1.58. The predicted octanol–water partition coefficient (Wildman–Crippen LogP) is 0.149. The van der Waals surface area contributed by atoms with Gasteiger partial charge in [0.2, 0.25) is 11.8 Å². The molecule has 1 aliphatic heterocycles. The standard InChI is InChI=1S/C15H26N2O4/c1-11-10-13(11)15(20)16-5-2-14(19)17-6-3-12(4-7-17)21-9-8-18/h11-13,18H,2-10H2,1H3,(H,16,20). The summed E-state index contributed by atoms with van der Waals surface area (Å²) in [6.07, 6.45) is 3.13. The van der Waals surface area contributed by atoms with Crippen LogP contribution in [0.1, 0.15) is 32.6 Å². The maximum Gasteiger partial charge on any atom is 0.224 e. The lowest BCUT2D eigenvalue weighted by atomic mass is 10.1. The summed E-state index contributed by atoms with van der Waals surface area (Å²) in [5.41, 5.74) is 0. The van der Waals surface area contributed by atoms with E-state index in [2.05, 4.69) is 12.2 Å². The summed E-state index contributed by atoms with van der Waals surface area (Å²) in [5.74, 6) is 0.851. The summed E-state index contributed by atoms with van der Waals surface area (Å²) >= 11 is 0. The van der Waals surface area contributed by atoms with Crippen molar-refractivity contribution >= 4 is 11.8 Å². The van der Waals surface area contributed by atoms with E-state index in [1.165, 1.54) is 0 Å². The first kappa shape index (κ1) is 16.2. The molecule has 1 aliphatic carbocycles. The van der Waals surface area contributed by atoms with E-state index in [0.29, 0.717) is 38.6 Å². The molecule has 0 aromatic rings. The van der Waals surface area contributed by atoms with Gasteiger partial charge in [-0.2, -0.15) is 0 Å². The lowest BCUT2D eigenvalue weighted by molar-refractivity contribution is -0.134. The average molecular weight is 298 g/mol. The minimum absolute atomic E-state index is 0.0401. The van der Waals surface area contributed by atoms with Crippen LogP contribution in [0.15, 0.2) is 0 Å². The first-order valence-corrected chi connectivity index (χ1v) is 7.89. The number of hydrogen-bond acceptors (Lipinski definition) is 4. The maximum atomic E-state index is 12.0. The Hall–Kier alpha value is -1.14. The molecule has 0 aromatic carbocycles. The van der Waals surface area contributed by atoms with Crippen LogP contribution in [-0.2, 0) is 14.3 Å². The summed E-state index contributed by atoms with van der Waals surface area (Å²) < 4.78 is 5.47. The molecule has 0 aromatic heterocycles. The third-order valence-corrected chi connectivity index (χ3v) is 4.32. The highest BCUT2D eigenvalue weighted by Crippen LogP contribution is 2.37. The number of nitrogens with one attached hydrogen (secondary N) is 1. The fourth-order valence-corrected chi connectivity index (χ4v) is 2.76. The molecule has 1 saturated heterocycles. The highest BCUT2D eigenvalue weighted by molar-refractivity contribution is 5.82. The summed E-state index contributed by atoms with van der Waals surface area (Å²) in [4.78, 5) is 25.5. The molecule has 2 unspecified atom stereocenters. The van der Waals surface area contributed by atoms with Crippen LogP contribution in [0, 0.1) is 11.8 Å². The van der Waals surface area contributed by atoms with Crippen molar-refractivity contribution in [3.8, 4) is 0 Å². The third kappa shape index (κ3) is 4.97. The Kier molecular flexibility index (Phi) is 5.99. The van der Waals surface area contributed by atoms with Crippen molar-refractivity contribution in [1.82, 2.24) is 10.2 Å². The van der Waals surface area contributed by atoms with E-state index in [1.54, 1.807) is 0 Å². The van der Waals surface area contributed by atoms with Gasteiger partial charge in [0, 0.05) is 32.0 Å². The van der Waals surface area contributed by atoms with Gasteiger partial charge in [-0.15, -0.1) is 0 Å². The normalized spacial score (nSPS) is 25.7. The molecule has 1 heterocycles. The minimum atomic E-state index is 0.0401. The number of carbonyl (C=O) groups is 2. The van der Waals surface area contributed by atoms with E-state index >= 15 is 0 Å². The largest absolute Gasteiger partial charge is 0.394 e. The molecule has 0 bridgehead atoms. The first-order chi connectivity index (χ1) is 10.1. The molecule has 21 heavy (non-hydrogen) atoms. The zero-order valence-corrected chi connectivity index (χ0v) is 12.7. The van der Waals surface area contributed by atoms with Crippen LogP contribution in [-0.4, -0.2) is 60.8 Å². The number of rotatable bonds is 7. The number of aliphatic hydroxyl groups is 1. The SMILES string of the molecule is CC1CC1C(=O)NCCC(=O)N1CCC(OCCO)CC1. The molecule has 2 N–H and O–H groups in total. The van der Waals surface area contributed by atoms with E-state index in [9.17, 15) is 9.59 Å². The number of piperidine rings is 1. The number of likely N-dealkylation sites (tertiary alicyclic amines) is 1. The Morgan fingerprint density at radius 3 is 2.57 bits per heavy atom. The number of amides is 2. The number of aliphatic hydroxyl groups excluding tert-OH is 1. The number of hydrogen-bond donors (Lipinski definition) is 2. The lowest BCUT2D eigenvalue weighted by Crippen LogP contribution is -2.42. The number of nitrogens with zero attached hydrogens (tertiary/aromatic N) is 1. The average Bonchev–Trinajstić information content (AvgIpc) is 3.22. The van der Waals surface area contributed by atoms with Gasteiger partial charge >= 0.3 is 0 Å². The third-order valence-electron chi connectivity index (χ3n) is 4.32. The highest BCUT2D eigenvalue weighted by Gasteiger charge is 2.38. The van der Waals surface area contributed by atoms with Crippen molar-refractivity contribution in [2.24, 2.45) is 11.8 Å². The molecule has 1 saturated carbocycles. The van der Waals surface area contributed by atoms with Crippen LogP contribution in [0.25, 0.3) is 0 Å². The van der Waals surface area contributed by atoms with E-state index in [0.717, 1.165) is 19.3 Å². The Bertz CT molecular complexity index is 367. The van der Waals surface area contributed by atoms with Gasteiger partial charge in [-0.1, -0.05) is 6.92 Å². The second-order valence-electron chi connectivity index (χ2n) is 6.04. The van der Waals surface area contributed by atoms with Crippen LogP contribution in [0.3, 0.4) is 0 Å². The van der Waals surface area contributed by atoms with Crippen LogP contribution < -0.4 is 5.32 Å². The Morgan fingerprint density at radius 1 is 1.33 bits per heavy atom. The van der Waals surface area contributed by atoms with Gasteiger partial charge in [-0.05, 0) is 25.2 Å². The fourth-order valence-electron chi connectivity index (χ4n) is 2.76.